The molecule has 0 amide bonds. The summed E-state index contributed by atoms with van der Waals surface area (Å²) < 4.78 is 28.9. The smallest absolute Gasteiger partial charge is 0.283 e. The first-order valence-corrected chi connectivity index (χ1v) is 8.94. The van der Waals surface area contributed by atoms with Crippen molar-refractivity contribution < 1.29 is 8.42 Å². The summed E-state index contributed by atoms with van der Waals surface area (Å²) in [5, 5.41) is 0. The fraction of sp³-hybridized carbons (Fsp3) is 0.278. The van der Waals surface area contributed by atoms with E-state index in [9.17, 15) is 8.42 Å². The average molecular weight is 330 g/mol. The minimum atomic E-state index is -3.68. The Kier molecular flexibility index (Phi) is 5.55. The van der Waals surface area contributed by atoms with Crippen LogP contribution in [-0.4, -0.2) is 33.2 Å². The highest BCUT2D eigenvalue weighted by Crippen LogP contribution is 2.15. The van der Waals surface area contributed by atoms with Crippen LogP contribution in [0.5, 0.6) is 0 Å². The Morgan fingerprint density at radius 3 is 2.17 bits per heavy atom. The zero-order valence-corrected chi connectivity index (χ0v) is 14.5. The molecule has 0 aliphatic carbocycles. The molecular weight excluding hydrogens is 308 g/mol. The van der Waals surface area contributed by atoms with Crippen molar-refractivity contribution in [2.24, 2.45) is 4.40 Å². The predicted octanol–water partition coefficient (Wildman–Crippen LogP) is 3.28. The molecule has 0 saturated heterocycles. The zero-order chi connectivity index (χ0) is 16.9. The molecule has 4 nitrogen and oxygen atoms in total. The van der Waals surface area contributed by atoms with Crippen molar-refractivity contribution in [3.05, 3.63) is 65.7 Å². The van der Waals surface area contributed by atoms with Crippen LogP contribution in [0.4, 0.5) is 0 Å². The van der Waals surface area contributed by atoms with E-state index in [4.69, 9.17) is 0 Å². The maximum Gasteiger partial charge on any atom is 0.283 e. The van der Waals surface area contributed by atoms with Crippen molar-refractivity contribution in [1.82, 2.24) is 4.90 Å². The first-order chi connectivity index (χ1) is 10.9. The van der Waals surface area contributed by atoms with Crippen LogP contribution in [0, 0.1) is 6.92 Å². The highest BCUT2D eigenvalue weighted by molar-refractivity contribution is 7.90. The summed E-state index contributed by atoms with van der Waals surface area (Å²) in [7, 11) is -0.0514. The van der Waals surface area contributed by atoms with Gasteiger partial charge in [0.25, 0.3) is 10.0 Å². The Bertz CT molecular complexity index is 764. The quantitative estimate of drug-likeness (QED) is 0.624. The standard InChI is InChI=1S/C18H22N2O2S/c1-15-9-12-17(13-10-15)23(21,22)19-18(20(2)3)14-11-16-7-5-4-6-8-16/h4-10,12-13H,11,14H2,1-3H3/b19-18-. The second-order valence-electron chi connectivity index (χ2n) is 5.68. The van der Waals surface area contributed by atoms with Crippen LogP contribution in [0.25, 0.3) is 0 Å². The number of hydrogen-bond acceptors (Lipinski definition) is 2. The van der Waals surface area contributed by atoms with Crippen LogP contribution in [0.15, 0.2) is 63.9 Å². The summed E-state index contributed by atoms with van der Waals surface area (Å²) in [5.74, 6) is 0.550. The molecule has 0 fully saturated rings. The third kappa shape index (κ3) is 4.93. The van der Waals surface area contributed by atoms with Crippen LogP contribution in [0.2, 0.25) is 0 Å². The molecule has 0 aromatic heterocycles. The molecule has 0 heterocycles. The summed E-state index contributed by atoms with van der Waals surface area (Å²) in [6, 6.07) is 16.7. The van der Waals surface area contributed by atoms with Crippen molar-refractivity contribution >= 4 is 15.9 Å². The topological polar surface area (TPSA) is 49.7 Å². The third-order valence-electron chi connectivity index (χ3n) is 3.54. The van der Waals surface area contributed by atoms with Crippen molar-refractivity contribution in [2.75, 3.05) is 14.1 Å². The molecule has 0 aliphatic rings. The molecule has 0 aliphatic heterocycles. The van der Waals surface area contributed by atoms with Gasteiger partial charge in [0.15, 0.2) is 0 Å². The van der Waals surface area contributed by atoms with E-state index in [1.807, 2.05) is 51.4 Å². The van der Waals surface area contributed by atoms with Crippen LogP contribution >= 0.6 is 0 Å². The van der Waals surface area contributed by atoms with Crippen LogP contribution in [-0.2, 0) is 16.4 Å². The Balaban J connectivity index is 2.22. The number of hydrogen-bond donors (Lipinski definition) is 0. The third-order valence-corrected chi connectivity index (χ3v) is 4.86. The van der Waals surface area contributed by atoms with Crippen molar-refractivity contribution in [2.45, 2.75) is 24.7 Å². The summed E-state index contributed by atoms with van der Waals surface area (Å²) in [4.78, 5) is 1.98. The molecule has 0 saturated carbocycles. The Morgan fingerprint density at radius 2 is 1.61 bits per heavy atom. The molecule has 2 aromatic rings. The maximum absolute atomic E-state index is 12.5. The highest BCUT2D eigenvalue weighted by Gasteiger charge is 2.15. The molecule has 122 valence electrons. The van der Waals surface area contributed by atoms with Gasteiger partial charge in [-0.1, -0.05) is 48.0 Å². The van der Waals surface area contributed by atoms with Crippen molar-refractivity contribution in [3.8, 4) is 0 Å². The largest absolute Gasteiger partial charge is 0.365 e. The van der Waals surface area contributed by atoms with Crippen LogP contribution < -0.4 is 0 Å². The SMILES string of the molecule is Cc1ccc(S(=O)(=O)/N=C(/CCc2ccccc2)N(C)C)cc1. The molecule has 0 bridgehead atoms. The average Bonchev–Trinajstić information content (AvgIpc) is 2.52. The predicted molar refractivity (Wildman–Crippen MR) is 94.2 cm³/mol. The van der Waals surface area contributed by atoms with Crippen LogP contribution in [0.1, 0.15) is 17.5 Å². The van der Waals surface area contributed by atoms with Gasteiger partial charge < -0.3 is 4.90 Å². The molecule has 23 heavy (non-hydrogen) atoms. The van der Waals surface area contributed by atoms with Gasteiger partial charge in [-0.2, -0.15) is 8.42 Å². The number of nitrogens with zero attached hydrogens (tertiary/aromatic N) is 2. The van der Waals surface area contributed by atoms with E-state index in [1.54, 1.807) is 29.2 Å². The number of benzene rings is 2. The van der Waals surface area contributed by atoms with Gasteiger partial charge >= 0.3 is 0 Å². The van der Waals surface area contributed by atoms with Gasteiger partial charge in [0.05, 0.1) is 4.90 Å². The summed E-state index contributed by atoms with van der Waals surface area (Å²) in [6.07, 6.45) is 1.32. The van der Waals surface area contributed by atoms with E-state index in [1.165, 1.54) is 0 Å². The van der Waals surface area contributed by atoms with E-state index >= 15 is 0 Å². The first-order valence-electron chi connectivity index (χ1n) is 7.50. The van der Waals surface area contributed by atoms with E-state index in [-0.39, 0.29) is 4.90 Å². The number of amidine groups is 1. The number of rotatable bonds is 5. The lowest BCUT2D eigenvalue weighted by Gasteiger charge is -2.15. The molecule has 0 unspecified atom stereocenters. The van der Waals surface area contributed by atoms with Crippen LogP contribution in [0.3, 0.4) is 0 Å². The maximum atomic E-state index is 12.5. The van der Waals surface area contributed by atoms with Gasteiger partial charge in [-0.25, -0.2) is 0 Å². The minimum Gasteiger partial charge on any atom is -0.365 e. The fourth-order valence-electron chi connectivity index (χ4n) is 2.15. The molecule has 0 atom stereocenters. The molecule has 0 radical (unpaired) electrons. The summed E-state index contributed by atoms with van der Waals surface area (Å²) in [5.41, 5.74) is 2.18. The van der Waals surface area contributed by atoms with Gasteiger partial charge in [0.1, 0.15) is 5.84 Å². The first kappa shape index (κ1) is 17.2. The minimum absolute atomic E-state index is 0.224. The second-order valence-corrected chi connectivity index (χ2v) is 7.28. The molecule has 2 aromatic carbocycles. The number of sulfonamides is 1. The van der Waals surface area contributed by atoms with E-state index in [0.29, 0.717) is 12.3 Å². The fourth-order valence-corrected chi connectivity index (χ4v) is 3.27. The molecule has 0 spiro atoms. The van der Waals surface area contributed by atoms with Crippen molar-refractivity contribution in [1.29, 1.82) is 0 Å². The number of aryl methyl sites for hydroxylation is 2. The van der Waals surface area contributed by atoms with Gasteiger partial charge in [0.2, 0.25) is 0 Å². The van der Waals surface area contributed by atoms with E-state index in [0.717, 1.165) is 17.5 Å². The lowest BCUT2D eigenvalue weighted by Crippen LogP contribution is -2.24. The highest BCUT2D eigenvalue weighted by atomic mass is 32.2. The molecule has 5 heteroatoms. The van der Waals surface area contributed by atoms with E-state index in [2.05, 4.69) is 4.40 Å². The second kappa shape index (κ2) is 7.42. The zero-order valence-electron chi connectivity index (χ0n) is 13.7. The lowest BCUT2D eigenvalue weighted by atomic mass is 10.1. The Morgan fingerprint density at radius 1 is 1.00 bits per heavy atom. The Labute approximate surface area is 138 Å². The van der Waals surface area contributed by atoms with Gasteiger partial charge in [-0.15, -0.1) is 4.40 Å². The Hall–Kier alpha value is -2.14. The molecular formula is C18H22N2O2S. The van der Waals surface area contributed by atoms with Crippen molar-refractivity contribution in [3.63, 3.8) is 0 Å². The molecule has 0 N–H and O–H groups in total. The summed E-state index contributed by atoms with van der Waals surface area (Å²) in [6.45, 7) is 1.92. The normalized spacial score (nSPS) is 12.2. The lowest BCUT2D eigenvalue weighted by molar-refractivity contribution is 0.585. The van der Waals surface area contributed by atoms with Gasteiger partial charge in [-0.05, 0) is 31.0 Å². The van der Waals surface area contributed by atoms with E-state index < -0.39 is 10.0 Å². The monoisotopic (exact) mass is 330 g/mol. The molecule has 2 rings (SSSR count). The van der Waals surface area contributed by atoms with Gasteiger partial charge in [-0.3, -0.25) is 0 Å². The van der Waals surface area contributed by atoms with Gasteiger partial charge in [0, 0.05) is 20.5 Å². The summed E-state index contributed by atoms with van der Waals surface area (Å²) >= 11 is 0.